The first-order valence-electron chi connectivity index (χ1n) is 5.26. The van der Waals surface area contributed by atoms with E-state index in [9.17, 15) is 13.9 Å². The van der Waals surface area contributed by atoms with E-state index in [-0.39, 0.29) is 24.4 Å². The van der Waals surface area contributed by atoms with Crippen molar-refractivity contribution >= 4 is 5.69 Å². The molecule has 1 rings (SSSR count). The van der Waals surface area contributed by atoms with Gasteiger partial charge in [-0.15, -0.1) is 0 Å². The van der Waals surface area contributed by atoms with Gasteiger partial charge in [-0.1, -0.05) is 0 Å². The lowest BCUT2D eigenvalue weighted by molar-refractivity contribution is 0.0693. The summed E-state index contributed by atoms with van der Waals surface area (Å²) in [5.74, 6) is -1.67. The van der Waals surface area contributed by atoms with Crippen LogP contribution in [0.5, 0.6) is 0 Å². The Balaban J connectivity index is 2.93. The Labute approximate surface area is 104 Å². The zero-order valence-electron chi connectivity index (χ0n) is 10.2. The predicted octanol–water partition coefficient (Wildman–Crippen LogP) is 1.28. The first kappa shape index (κ1) is 14.4. The second-order valence-corrected chi connectivity index (χ2v) is 3.89. The zero-order chi connectivity index (χ0) is 13.7. The maximum absolute atomic E-state index is 13.6. The fourth-order valence-electron chi connectivity index (χ4n) is 1.65. The summed E-state index contributed by atoms with van der Waals surface area (Å²) in [6, 6.07) is 3.58. The number of ether oxygens (including phenoxy) is 1. The van der Waals surface area contributed by atoms with Gasteiger partial charge in [-0.2, -0.15) is 5.26 Å². The molecule has 0 saturated heterocycles. The average Bonchev–Trinajstić information content (AvgIpc) is 2.27. The molecular weight excluding hydrogens is 242 g/mol. The molecule has 1 atom stereocenters. The van der Waals surface area contributed by atoms with Crippen LogP contribution in [-0.2, 0) is 4.74 Å². The highest BCUT2D eigenvalue weighted by Gasteiger charge is 2.17. The lowest BCUT2D eigenvalue weighted by Crippen LogP contribution is -2.33. The summed E-state index contributed by atoms with van der Waals surface area (Å²) in [5.41, 5.74) is -0.358. The molecule has 6 heteroatoms. The number of aliphatic hydroxyl groups is 1. The topological polar surface area (TPSA) is 56.5 Å². The monoisotopic (exact) mass is 256 g/mol. The first-order valence-corrected chi connectivity index (χ1v) is 5.26. The number of aliphatic hydroxyl groups excluding tert-OH is 1. The fourth-order valence-corrected chi connectivity index (χ4v) is 1.65. The quantitative estimate of drug-likeness (QED) is 0.862. The Morgan fingerprint density at radius 1 is 1.44 bits per heavy atom. The Kier molecular flexibility index (Phi) is 5.01. The lowest BCUT2D eigenvalue weighted by atomic mass is 10.2. The van der Waals surface area contributed by atoms with Gasteiger partial charge in [0.25, 0.3) is 0 Å². The van der Waals surface area contributed by atoms with E-state index in [4.69, 9.17) is 10.00 Å². The minimum Gasteiger partial charge on any atom is -0.389 e. The summed E-state index contributed by atoms with van der Waals surface area (Å²) >= 11 is 0. The smallest absolute Gasteiger partial charge is 0.150 e. The molecule has 0 spiro atoms. The molecule has 0 aliphatic carbocycles. The van der Waals surface area contributed by atoms with E-state index >= 15 is 0 Å². The number of methoxy groups -OCH3 is 1. The molecule has 0 radical (unpaired) electrons. The van der Waals surface area contributed by atoms with Crippen LogP contribution in [0.4, 0.5) is 14.5 Å². The summed E-state index contributed by atoms with van der Waals surface area (Å²) < 4.78 is 32.0. The van der Waals surface area contributed by atoms with Gasteiger partial charge in [0.2, 0.25) is 0 Å². The van der Waals surface area contributed by atoms with Crippen molar-refractivity contribution in [2.75, 3.05) is 32.2 Å². The van der Waals surface area contributed by atoms with Crippen molar-refractivity contribution in [2.45, 2.75) is 6.10 Å². The maximum atomic E-state index is 13.6. The molecule has 98 valence electrons. The minimum absolute atomic E-state index is 0.0214. The van der Waals surface area contributed by atoms with E-state index in [0.717, 1.165) is 12.1 Å². The molecule has 0 bridgehead atoms. The first-order chi connectivity index (χ1) is 8.49. The molecule has 0 aromatic heterocycles. The van der Waals surface area contributed by atoms with Crippen molar-refractivity contribution in [1.82, 2.24) is 0 Å². The number of hydrogen-bond donors (Lipinski definition) is 1. The average molecular weight is 256 g/mol. The van der Waals surface area contributed by atoms with E-state index in [2.05, 4.69) is 0 Å². The van der Waals surface area contributed by atoms with Gasteiger partial charge in [0.1, 0.15) is 5.69 Å². The van der Waals surface area contributed by atoms with Crippen LogP contribution >= 0.6 is 0 Å². The third-order valence-corrected chi connectivity index (χ3v) is 2.37. The van der Waals surface area contributed by atoms with Crippen LogP contribution in [0.3, 0.4) is 0 Å². The summed E-state index contributed by atoms with van der Waals surface area (Å²) in [4.78, 5) is 1.25. The molecule has 1 aromatic carbocycles. The second-order valence-electron chi connectivity index (χ2n) is 3.89. The summed E-state index contributed by atoms with van der Waals surface area (Å²) in [6.07, 6.45) is -0.852. The molecule has 18 heavy (non-hydrogen) atoms. The van der Waals surface area contributed by atoms with E-state index in [1.165, 1.54) is 19.1 Å². The molecule has 0 saturated carbocycles. The predicted molar refractivity (Wildman–Crippen MR) is 62.2 cm³/mol. The van der Waals surface area contributed by atoms with Crippen LogP contribution in [0.1, 0.15) is 5.56 Å². The molecule has 0 aliphatic rings. The van der Waals surface area contributed by atoms with Gasteiger partial charge < -0.3 is 14.7 Å². The molecule has 4 nitrogen and oxygen atoms in total. The molecule has 1 aromatic rings. The molecule has 0 fully saturated rings. The number of anilines is 1. The third-order valence-electron chi connectivity index (χ3n) is 2.37. The van der Waals surface area contributed by atoms with Gasteiger partial charge in [0.05, 0.1) is 24.3 Å². The summed E-state index contributed by atoms with van der Waals surface area (Å²) in [7, 11) is 2.87. The number of hydrogen-bond acceptors (Lipinski definition) is 4. The van der Waals surface area contributed by atoms with Crippen LogP contribution in [0.2, 0.25) is 0 Å². The Morgan fingerprint density at radius 2 is 2.00 bits per heavy atom. The molecule has 1 N–H and O–H groups in total. The van der Waals surface area contributed by atoms with Gasteiger partial charge in [0, 0.05) is 20.7 Å². The van der Waals surface area contributed by atoms with Crippen molar-refractivity contribution in [3.05, 3.63) is 29.3 Å². The highest BCUT2D eigenvalue weighted by molar-refractivity contribution is 5.52. The van der Waals surface area contributed by atoms with E-state index < -0.39 is 17.7 Å². The largest absolute Gasteiger partial charge is 0.389 e. The van der Waals surface area contributed by atoms with Crippen LogP contribution in [-0.4, -0.2) is 38.5 Å². The zero-order valence-corrected chi connectivity index (χ0v) is 10.2. The SMILES string of the molecule is COC[C@@H](O)CN(C)c1c(F)cc(C#N)cc1F. The molecule has 0 unspecified atom stereocenters. The van der Waals surface area contributed by atoms with Gasteiger partial charge >= 0.3 is 0 Å². The highest BCUT2D eigenvalue weighted by Crippen LogP contribution is 2.24. The number of nitriles is 1. The minimum atomic E-state index is -0.852. The molecule has 0 amide bonds. The molecule has 0 aliphatic heterocycles. The van der Waals surface area contributed by atoms with Crippen LogP contribution in [0.25, 0.3) is 0 Å². The number of rotatable bonds is 5. The van der Waals surface area contributed by atoms with E-state index in [1.54, 1.807) is 6.07 Å². The Hall–Kier alpha value is -1.71. The van der Waals surface area contributed by atoms with Crippen molar-refractivity contribution in [3.8, 4) is 6.07 Å². The summed E-state index contributed by atoms with van der Waals surface area (Å²) in [5, 5.41) is 18.1. The third kappa shape index (κ3) is 3.39. The van der Waals surface area contributed by atoms with Gasteiger partial charge in [-0.3, -0.25) is 0 Å². The van der Waals surface area contributed by atoms with Gasteiger partial charge in [0.15, 0.2) is 11.6 Å². The van der Waals surface area contributed by atoms with Crippen molar-refractivity contribution in [2.24, 2.45) is 0 Å². The lowest BCUT2D eigenvalue weighted by Gasteiger charge is -2.23. The van der Waals surface area contributed by atoms with Gasteiger partial charge in [-0.25, -0.2) is 8.78 Å². The van der Waals surface area contributed by atoms with Crippen molar-refractivity contribution in [3.63, 3.8) is 0 Å². The molecule has 0 heterocycles. The highest BCUT2D eigenvalue weighted by atomic mass is 19.1. The maximum Gasteiger partial charge on any atom is 0.150 e. The summed E-state index contributed by atoms with van der Waals surface area (Å²) in [6.45, 7) is 0.0947. The second kappa shape index (κ2) is 6.28. The van der Waals surface area contributed by atoms with Gasteiger partial charge in [-0.05, 0) is 12.1 Å². The van der Waals surface area contributed by atoms with Crippen LogP contribution < -0.4 is 4.90 Å². The van der Waals surface area contributed by atoms with Crippen LogP contribution in [0.15, 0.2) is 12.1 Å². The molecular formula is C12H14F2N2O2. The van der Waals surface area contributed by atoms with E-state index in [0.29, 0.717) is 0 Å². The van der Waals surface area contributed by atoms with Crippen LogP contribution in [0, 0.1) is 23.0 Å². The Bertz CT molecular complexity index is 437. The number of benzene rings is 1. The van der Waals surface area contributed by atoms with E-state index in [1.807, 2.05) is 0 Å². The number of nitrogens with zero attached hydrogens (tertiary/aromatic N) is 2. The normalized spacial score (nSPS) is 12.0. The standard InChI is InChI=1S/C12H14F2N2O2/c1-16(6-9(17)7-18-2)12-10(13)3-8(5-15)4-11(12)14/h3-4,9,17H,6-7H2,1-2H3/t9-/m0/s1. The Morgan fingerprint density at radius 3 is 2.44 bits per heavy atom. The number of halogens is 2. The fraction of sp³-hybridized carbons (Fsp3) is 0.417. The number of likely N-dealkylation sites (N-methyl/N-ethyl adjacent to an activating group) is 1. The van der Waals surface area contributed by atoms with Crippen molar-refractivity contribution < 1.29 is 18.6 Å². The van der Waals surface area contributed by atoms with Crippen molar-refractivity contribution in [1.29, 1.82) is 5.26 Å².